The molecule has 92 valence electrons. The van der Waals surface area contributed by atoms with Crippen LogP contribution >= 0.6 is 11.6 Å². The summed E-state index contributed by atoms with van der Waals surface area (Å²) >= 11 is 5.81. The maximum Gasteiger partial charge on any atom is 0.331 e. The number of carboxylic acid groups (broad SMARTS) is 1. The highest BCUT2D eigenvalue weighted by atomic mass is 35.5. The van der Waals surface area contributed by atoms with Crippen LogP contribution in [-0.4, -0.2) is 11.1 Å². The molecule has 0 amide bonds. The van der Waals surface area contributed by atoms with E-state index in [1.54, 1.807) is 12.1 Å². The molecule has 0 heterocycles. The number of rotatable bonds is 5. The minimum atomic E-state index is -0.828. The van der Waals surface area contributed by atoms with Crippen LogP contribution in [0.15, 0.2) is 29.8 Å². The fourth-order valence-corrected chi connectivity index (χ4v) is 1.81. The number of benzene rings is 1. The van der Waals surface area contributed by atoms with E-state index in [2.05, 4.69) is 6.92 Å². The Kier molecular flexibility index (Phi) is 5.23. The SMILES string of the molecule is CCCC/C(C(=O)O)=C(/C)c1ccc(Cl)cc1. The highest BCUT2D eigenvalue weighted by molar-refractivity contribution is 6.30. The Morgan fingerprint density at radius 1 is 1.29 bits per heavy atom. The van der Waals surface area contributed by atoms with Crippen molar-refractivity contribution in [2.45, 2.75) is 33.1 Å². The average Bonchev–Trinajstić information content (AvgIpc) is 2.29. The van der Waals surface area contributed by atoms with E-state index in [9.17, 15) is 9.90 Å². The zero-order valence-corrected chi connectivity index (χ0v) is 10.9. The summed E-state index contributed by atoms with van der Waals surface area (Å²) in [6.07, 6.45) is 2.50. The van der Waals surface area contributed by atoms with Crippen LogP contribution in [0.1, 0.15) is 38.7 Å². The standard InChI is InChI=1S/C14H17ClO2/c1-3-4-5-13(14(16)17)10(2)11-6-8-12(15)9-7-11/h6-9H,3-5H2,1-2H3,(H,16,17)/b13-10+. The molecule has 0 aliphatic rings. The summed E-state index contributed by atoms with van der Waals surface area (Å²) in [6.45, 7) is 3.90. The average molecular weight is 253 g/mol. The maximum atomic E-state index is 11.2. The summed E-state index contributed by atoms with van der Waals surface area (Å²) < 4.78 is 0. The van der Waals surface area contributed by atoms with E-state index in [4.69, 9.17) is 11.6 Å². The number of allylic oxidation sites excluding steroid dienone is 1. The normalized spacial score (nSPS) is 12.2. The van der Waals surface area contributed by atoms with Gasteiger partial charge in [0.2, 0.25) is 0 Å². The molecule has 0 unspecified atom stereocenters. The molecule has 1 aromatic carbocycles. The fraction of sp³-hybridized carbons (Fsp3) is 0.357. The fourth-order valence-electron chi connectivity index (χ4n) is 1.68. The molecule has 0 aliphatic carbocycles. The van der Waals surface area contributed by atoms with Gasteiger partial charge in [-0.2, -0.15) is 0 Å². The Hall–Kier alpha value is -1.28. The highest BCUT2D eigenvalue weighted by Crippen LogP contribution is 2.23. The van der Waals surface area contributed by atoms with Gasteiger partial charge in [0.25, 0.3) is 0 Å². The topological polar surface area (TPSA) is 37.3 Å². The van der Waals surface area contributed by atoms with Crippen LogP contribution in [0.25, 0.3) is 5.57 Å². The Labute approximate surface area is 107 Å². The molecule has 3 heteroatoms. The van der Waals surface area contributed by atoms with Crippen LogP contribution in [-0.2, 0) is 4.79 Å². The van der Waals surface area contributed by atoms with Gasteiger partial charge in [0.15, 0.2) is 0 Å². The highest BCUT2D eigenvalue weighted by Gasteiger charge is 2.12. The summed E-state index contributed by atoms with van der Waals surface area (Å²) in [5.74, 6) is -0.828. The molecule has 0 spiro atoms. The van der Waals surface area contributed by atoms with E-state index < -0.39 is 5.97 Å². The predicted molar refractivity (Wildman–Crippen MR) is 71.2 cm³/mol. The molecule has 0 saturated heterocycles. The maximum absolute atomic E-state index is 11.2. The van der Waals surface area contributed by atoms with Crippen LogP contribution in [0.2, 0.25) is 5.02 Å². The molecule has 0 bridgehead atoms. The molecular formula is C14H17ClO2. The van der Waals surface area contributed by atoms with E-state index in [1.165, 1.54) is 0 Å². The lowest BCUT2D eigenvalue weighted by Crippen LogP contribution is -2.03. The van der Waals surface area contributed by atoms with Crippen molar-refractivity contribution in [2.24, 2.45) is 0 Å². The zero-order chi connectivity index (χ0) is 12.8. The Morgan fingerprint density at radius 3 is 2.35 bits per heavy atom. The number of halogens is 1. The van der Waals surface area contributed by atoms with E-state index >= 15 is 0 Å². The molecule has 0 radical (unpaired) electrons. The largest absolute Gasteiger partial charge is 0.478 e. The first-order valence-corrected chi connectivity index (χ1v) is 6.13. The first kappa shape index (κ1) is 13.8. The number of aliphatic carboxylic acids is 1. The molecule has 1 aromatic rings. The van der Waals surface area contributed by atoms with E-state index in [1.807, 2.05) is 19.1 Å². The molecule has 0 fully saturated rings. The molecule has 0 aromatic heterocycles. The lowest BCUT2D eigenvalue weighted by Gasteiger charge is -2.08. The van der Waals surface area contributed by atoms with Gasteiger partial charge >= 0.3 is 5.97 Å². The van der Waals surface area contributed by atoms with Crippen molar-refractivity contribution in [1.82, 2.24) is 0 Å². The van der Waals surface area contributed by atoms with Crippen molar-refractivity contribution in [3.63, 3.8) is 0 Å². The zero-order valence-electron chi connectivity index (χ0n) is 10.2. The van der Waals surface area contributed by atoms with Crippen LogP contribution in [0.5, 0.6) is 0 Å². The summed E-state index contributed by atoms with van der Waals surface area (Å²) in [5, 5.41) is 9.86. The minimum Gasteiger partial charge on any atom is -0.478 e. The molecule has 0 aliphatic heterocycles. The van der Waals surface area contributed by atoms with Gasteiger partial charge in [-0.05, 0) is 43.0 Å². The van der Waals surface area contributed by atoms with Gasteiger partial charge in [-0.3, -0.25) is 0 Å². The van der Waals surface area contributed by atoms with Gasteiger partial charge < -0.3 is 5.11 Å². The van der Waals surface area contributed by atoms with Crippen molar-refractivity contribution in [1.29, 1.82) is 0 Å². The van der Waals surface area contributed by atoms with Crippen molar-refractivity contribution >= 4 is 23.1 Å². The van der Waals surface area contributed by atoms with Gasteiger partial charge in [-0.1, -0.05) is 37.1 Å². The van der Waals surface area contributed by atoms with Crippen LogP contribution in [0, 0.1) is 0 Å². The lowest BCUT2D eigenvalue weighted by atomic mass is 9.98. The summed E-state index contributed by atoms with van der Waals surface area (Å²) in [6, 6.07) is 7.26. The van der Waals surface area contributed by atoms with Crippen molar-refractivity contribution < 1.29 is 9.90 Å². The molecule has 1 rings (SSSR count). The van der Waals surface area contributed by atoms with Crippen LogP contribution < -0.4 is 0 Å². The Morgan fingerprint density at radius 2 is 1.88 bits per heavy atom. The van der Waals surface area contributed by atoms with Gasteiger partial charge in [0.1, 0.15) is 0 Å². The second kappa shape index (κ2) is 6.45. The quantitative estimate of drug-likeness (QED) is 0.790. The number of hydrogen-bond donors (Lipinski definition) is 1. The third-order valence-electron chi connectivity index (χ3n) is 2.77. The second-order valence-electron chi connectivity index (χ2n) is 4.02. The lowest BCUT2D eigenvalue weighted by molar-refractivity contribution is -0.132. The monoisotopic (exact) mass is 252 g/mol. The molecule has 17 heavy (non-hydrogen) atoms. The molecular weight excluding hydrogens is 236 g/mol. The number of hydrogen-bond acceptors (Lipinski definition) is 1. The van der Waals surface area contributed by atoms with Crippen LogP contribution in [0.3, 0.4) is 0 Å². The van der Waals surface area contributed by atoms with Crippen molar-refractivity contribution in [2.75, 3.05) is 0 Å². The third-order valence-corrected chi connectivity index (χ3v) is 3.02. The summed E-state index contributed by atoms with van der Waals surface area (Å²) in [4.78, 5) is 11.2. The Balaban J connectivity index is 3.05. The van der Waals surface area contributed by atoms with Gasteiger partial charge in [0.05, 0.1) is 0 Å². The molecule has 0 saturated carbocycles. The minimum absolute atomic E-state index is 0.495. The Bertz CT molecular complexity index is 418. The second-order valence-corrected chi connectivity index (χ2v) is 4.46. The number of unbranched alkanes of at least 4 members (excludes halogenated alkanes) is 1. The van der Waals surface area contributed by atoms with E-state index in [-0.39, 0.29) is 0 Å². The summed E-state index contributed by atoms with van der Waals surface area (Å²) in [5.41, 5.74) is 2.24. The summed E-state index contributed by atoms with van der Waals surface area (Å²) in [7, 11) is 0. The van der Waals surface area contributed by atoms with Crippen molar-refractivity contribution in [3.8, 4) is 0 Å². The smallest absolute Gasteiger partial charge is 0.331 e. The van der Waals surface area contributed by atoms with E-state index in [0.717, 1.165) is 24.0 Å². The number of carbonyl (C=O) groups is 1. The van der Waals surface area contributed by atoms with Gasteiger partial charge in [-0.15, -0.1) is 0 Å². The van der Waals surface area contributed by atoms with Crippen molar-refractivity contribution in [3.05, 3.63) is 40.4 Å². The van der Waals surface area contributed by atoms with Gasteiger partial charge in [-0.25, -0.2) is 4.79 Å². The molecule has 2 nitrogen and oxygen atoms in total. The van der Waals surface area contributed by atoms with Crippen LogP contribution in [0.4, 0.5) is 0 Å². The molecule has 0 atom stereocenters. The molecule has 1 N–H and O–H groups in total. The first-order chi connectivity index (χ1) is 8.06. The number of carboxylic acids is 1. The van der Waals surface area contributed by atoms with Gasteiger partial charge in [0, 0.05) is 10.6 Å². The third kappa shape index (κ3) is 3.90. The first-order valence-electron chi connectivity index (χ1n) is 5.75. The predicted octanol–water partition coefficient (Wildman–Crippen LogP) is 4.39. The van der Waals surface area contributed by atoms with E-state index in [0.29, 0.717) is 17.0 Å².